The van der Waals surface area contributed by atoms with E-state index in [-0.39, 0.29) is 18.7 Å². The van der Waals surface area contributed by atoms with Gasteiger partial charge < -0.3 is 14.8 Å². The molecule has 1 aliphatic carbocycles. The molecule has 0 fully saturated rings. The Bertz CT molecular complexity index is 979. The van der Waals surface area contributed by atoms with Gasteiger partial charge in [0.05, 0.1) is 11.3 Å². The number of hydrogen-bond donors (Lipinski definition) is 0. The second-order valence-corrected chi connectivity index (χ2v) is 6.45. The van der Waals surface area contributed by atoms with Crippen LogP contribution in [0.3, 0.4) is 0 Å². The Morgan fingerprint density at radius 2 is 1.74 bits per heavy atom. The van der Waals surface area contributed by atoms with Gasteiger partial charge in [-0.1, -0.05) is 42.5 Å². The van der Waals surface area contributed by atoms with Gasteiger partial charge in [0.2, 0.25) is 0 Å². The Balaban J connectivity index is 1.91. The van der Waals surface area contributed by atoms with Gasteiger partial charge >= 0.3 is 6.18 Å². The fourth-order valence-corrected chi connectivity index (χ4v) is 3.84. The van der Waals surface area contributed by atoms with Crippen molar-refractivity contribution < 1.29 is 23.1 Å². The number of carbonyl (C=O) groups excluding carboxylic acids is 1. The standard InChI is InChI=1S/C20H15F3N2O2/c21-20(22,23)17-8-4-3-6-14(17)16-9-12-10-24-11-25(19(26)27)18(12)15-7-2-1-5-13(15)16/h1-8,10,16H,9,11H2,(H,26,27)/p-1. The van der Waals surface area contributed by atoms with E-state index in [2.05, 4.69) is 4.99 Å². The first-order valence-electron chi connectivity index (χ1n) is 8.35. The van der Waals surface area contributed by atoms with Crippen molar-refractivity contribution >= 4 is 18.0 Å². The molecule has 1 aliphatic heterocycles. The molecule has 2 aromatic rings. The molecule has 0 aromatic heterocycles. The van der Waals surface area contributed by atoms with Gasteiger partial charge in [0, 0.05) is 17.7 Å². The van der Waals surface area contributed by atoms with Gasteiger partial charge in [-0.05, 0) is 29.2 Å². The maximum Gasteiger partial charge on any atom is 0.416 e. The average Bonchev–Trinajstić information content (AvgIpc) is 2.66. The largest absolute Gasteiger partial charge is 0.530 e. The van der Waals surface area contributed by atoms with E-state index in [0.717, 1.165) is 11.0 Å². The zero-order chi connectivity index (χ0) is 19.2. The van der Waals surface area contributed by atoms with Gasteiger partial charge in [-0.15, -0.1) is 0 Å². The summed E-state index contributed by atoms with van der Waals surface area (Å²) in [6.07, 6.45) is -4.08. The summed E-state index contributed by atoms with van der Waals surface area (Å²) in [6.45, 7) is -0.0840. The maximum absolute atomic E-state index is 13.5. The highest BCUT2D eigenvalue weighted by Crippen LogP contribution is 2.46. The van der Waals surface area contributed by atoms with Gasteiger partial charge in [-0.2, -0.15) is 13.2 Å². The molecule has 0 saturated heterocycles. The summed E-state index contributed by atoms with van der Waals surface area (Å²) in [7, 11) is 0. The summed E-state index contributed by atoms with van der Waals surface area (Å²) < 4.78 is 40.6. The Hall–Kier alpha value is -3.09. The molecule has 1 heterocycles. The summed E-state index contributed by atoms with van der Waals surface area (Å²) in [5, 5.41) is 11.5. The lowest BCUT2D eigenvalue weighted by atomic mass is 9.76. The highest BCUT2D eigenvalue weighted by Gasteiger charge is 2.38. The number of rotatable bonds is 1. The first kappa shape index (κ1) is 17.3. The number of halogens is 3. The SMILES string of the molecule is O=C([O-])N1CN=CC2=C1c1ccccc1C(c1ccccc1C(F)(F)F)C2. The molecule has 0 saturated carbocycles. The van der Waals surface area contributed by atoms with Crippen LogP contribution in [0.5, 0.6) is 0 Å². The first-order valence-corrected chi connectivity index (χ1v) is 8.35. The third-order valence-electron chi connectivity index (χ3n) is 4.92. The van der Waals surface area contributed by atoms with Crippen molar-refractivity contribution in [2.24, 2.45) is 4.99 Å². The summed E-state index contributed by atoms with van der Waals surface area (Å²) in [6, 6.07) is 12.5. The minimum Gasteiger partial charge on any atom is -0.530 e. The second kappa shape index (κ2) is 6.26. The number of nitrogens with zero attached hydrogens (tertiary/aromatic N) is 2. The Morgan fingerprint density at radius 1 is 1.07 bits per heavy atom. The molecular formula is C20H14F3N2O2-. The van der Waals surface area contributed by atoms with E-state index >= 15 is 0 Å². The monoisotopic (exact) mass is 371 g/mol. The molecule has 27 heavy (non-hydrogen) atoms. The lowest BCUT2D eigenvalue weighted by Gasteiger charge is -2.37. The predicted molar refractivity (Wildman–Crippen MR) is 91.9 cm³/mol. The Kier molecular flexibility index (Phi) is 4.02. The fourth-order valence-electron chi connectivity index (χ4n) is 3.84. The molecule has 4 nitrogen and oxygen atoms in total. The van der Waals surface area contributed by atoms with Crippen LogP contribution in [0.4, 0.5) is 18.0 Å². The molecule has 2 aliphatic rings. The van der Waals surface area contributed by atoms with E-state index in [1.807, 2.05) is 0 Å². The third-order valence-corrected chi connectivity index (χ3v) is 4.92. The van der Waals surface area contributed by atoms with Crippen LogP contribution in [0.25, 0.3) is 5.70 Å². The number of alkyl halides is 3. The molecule has 1 amide bonds. The van der Waals surface area contributed by atoms with Crippen molar-refractivity contribution in [1.29, 1.82) is 0 Å². The highest BCUT2D eigenvalue weighted by molar-refractivity contribution is 5.98. The quantitative estimate of drug-likeness (QED) is 0.769. The lowest BCUT2D eigenvalue weighted by molar-refractivity contribution is -0.261. The molecule has 0 N–H and O–H groups in total. The molecule has 0 spiro atoms. The molecule has 138 valence electrons. The Morgan fingerprint density at radius 3 is 2.44 bits per heavy atom. The number of carboxylic acid groups (broad SMARTS) is 1. The fraction of sp³-hybridized carbons (Fsp3) is 0.200. The molecule has 4 rings (SSSR count). The summed E-state index contributed by atoms with van der Waals surface area (Å²) in [5.41, 5.74) is 1.78. The number of fused-ring (bicyclic) bond motifs is 2. The predicted octanol–water partition coefficient (Wildman–Crippen LogP) is 3.64. The van der Waals surface area contributed by atoms with Crippen LogP contribution in [0.15, 0.2) is 59.1 Å². The Labute approximate surface area is 153 Å². The van der Waals surface area contributed by atoms with Gasteiger partial charge in [-0.3, -0.25) is 4.99 Å². The number of carbonyl (C=O) groups is 1. The van der Waals surface area contributed by atoms with Crippen LogP contribution in [0, 0.1) is 0 Å². The van der Waals surface area contributed by atoms with Crippen LogP contribution < -0.4 is 5.11 Å². The molecule has 1 unspecified atom stereocenters. The van der Waals surface area contributed by atoms with Crippen molar-refractivity contribution in [3.05, 3.63) is 76.4 Å². The molecule has 1 atom stereocenters. The van der Waals surface area contributed by atoms with Crippen LogP contribution in [-0.2, 0) is 6.18 Å². The van der Waals surface area contributed by atoms with Crippen molar-refractivity contribution in [3.8, 4) is 0 Å². The number of allylic oxidation sites excluding steroid dienone is 1. The van der Waals surface area contributed by atoms with Crippen LogP contribution in [0.1, 0.15) is 34.6 Å². The van der Waals surface area contributed by atoms with Crippen LogP contribution in [0.2, 0.25) is 0 Å². The van der Waals surface area contributed by atoms with E-state index in [1.54, 1.807) is 36.5 Å². The summed E-state index contributed by atoms with van der Waals surface area (Å²) >= 11 is 0. The molecule has 7 heteroatoms. The molecule has 0 radical (unpaired) electrons. The van der Waals surface area contributed by atoms with Crippen LogP contribution in [-0.4, -0.2) is 23.9 Å². The van der Waals surface area contributed by atoms with Gasteiger partial charge in [0.15, 0.2) is 0 Å². The van der Waals surface area contributed by atoms with Crippen molar-refractivity contribution in [3.63, 3.8) is 0 Å². The second-order valence-electron chi connectivity index (χ2n) is 6.45. The smallest absolute Gasteiger partial charge is 0.416 e. The van der Waals surface area contributed by atoms with E-state index in [0.29, 0.717) is 22.4 Å². The average molecular weight is 371 g/mol. The van der Waals surface area contributed by atoms with Gasteiger partial charge in [-0.25, -0.2) is 0 Å². The third kappa shape index (κ3) is 2.89. The highest BCUT2D eigenvalue weighted by atomic mass is 19.4. The lowest BCUT2D eigenvalue weighted by Crippen LogP contribution is -2.43. The number of benzene rings is 2. The topological polar surface area (TPSA) is 55.7 Å². The zero-order valence-corrected chi connectivity index (χ0v) is 14.0. The molecule has 0 bridgehead atoms. The summed E-state index contributed by atoms with van der Waals surface area (Å²) in [4.78, 5) is 16.6. The van der Waals surface area contributed by atoms with Crippen molar-refractivity contribution in [2.45, 2.75) is 18.5 Å². The normalized spacial score (nSPS) is 18.9. The number of hydrogen-bond acceptors (Lipinski definition) is 3. The van der Waals surface area contributed by atoms with Crippen molar-refractivity contribution in [1.82, 2.24) is 4.90 Å². The first-order chi connectivity index (χ1) is 12.9. The summed E-state index contributed by atoms with van der Waals surface area (Å²) in [5.74, 6) is -0.550. The minimum atomic E-state index is -4.47. The van der Waals surface area contributed by atoms with Crippen LogP contribution >= 0.6 is 0 Å². The molecular weight excluding hydrogens is 357 g/mol. The maximum atomic E-state index is 13.5. The van der Waals surface area contributed by atoms with Gasteiger partial charge in [0.25, 0.3) is 0 Å². The van der Waals surface area contributed by atoms with E-state index in [4.69, 9.17) is 0 Å². The number of amides is 1. The molecule has 2 aromatic carbocycles. The van der Waals surface area contributed by atoms with E-state index < -0.39 is 23.8 Å². The van der Waals surface area contributed by atoms with E-state index in [1.165, 1.54) is 12.1 Å². The minimum absolute atomic E-state index is 0.0840. The van der Waals surface area contributed by atoms with E-state index in [9.17, 15) is 23.1 Å². The van der Waals surface area contributed by atoms with Crippen molar-refractivity contribution in [2.75, 3.05) is 6.67 Å². The van der Waals surface area contributed by atoms with Gasteiger partial charge in [0.1, 0.15) is 12.8 Å². The number of aliphatic imine (C=N–C) groups is 1. The zero-order valence-electron chi connectivity index (χ0n) is 14.0.